The first-order chi connectivity index (χ1) is 12.4. The van der Waals surface area contributed by atoms with E-state index in [1.807, 2.05) is 0 Å². The molecule has 5 nitrogen and oxygen atoms in total. The van der Waals surface area contributed by atoms with Crippen LogP contribution < -0.4 is 9.47 Å². The molecule has 2 aromatic carbocycles. The van der Waals surface area contributed by atoms with E-state index in [0.717, 1.165) is 6.07 Å². The van der Waals surface area contributed by atoms with Crippen molar-refractivity contribution in [2.75, 3.05) is 6.61 Å². The Morgan fingerprint density at radius 1 is 1.04 bits per heavy atom. The number of hydrogen-bond acceptors (Lipinski definition) is 4. The lowest BCUT2D eigenvalue weighted by Crippen LogP contribution is -2.21. The Balaban J connectivity index is 2.58. The number of hydrogen-bond donors (Lipinski definition) is 0. The SMILES string of the molecule is CCOc1cc(OC(F)(F)F)cc(C(C)(C)c2cc(Cl)cc([N+](=O)[O-])c2)c1. The summed E-state index contributed by atoms with van der Waals surface area (Å²) in [7, 11) is 0. The van der Waals surface area contributed by atoms with Crippen LogP contribution in [0.3, 0.4) is 0 Å². The van der Waals surface area contributed by atoms with E-state index < -0.39 is 22.5 Å². The highest BCUT2D eigenvalue weighted by atomic mass is 35.5. The lowest BCUT2D eigenvalue weighted by atomic mass is 9.78. The largest absolute Gasteiger partial charge is 0.573 e. The van der Waals surface area contributed by atoms with Crippen LogP contribution >= 0.6 is 11.6 Å². The third-order valence-corrected chi connectivity index (χ3v) is 4.18. The predicted molar refractivity (Wildman–Crippen MR) is 94.5 cm³/mol. The molecule has 0 amide bonds. The number of rotatable bonds is 6. The van der Waals surface area contributed by atoms with Crippen LogP contribution in [0.4, 0.5) is 18.9 Å². The fourth-order valence-electron chi connectivity index (χ4n) is 2.58. The topological polar surface area (TPSA) is 61.6 Å². The van der Waals surface area contributed by atoms with Crippen molar-refractivity contribution < 1.29 is 27.6 Å². The maximum absolute atomic E-state index is 12.6. The summed E-state index contributed by atoms with van der Waals surface area (Å²) in [6, 6.07) is 8.00. The molecule has 146 valence electrons. The van der Waals surface area contributed by atoms with Gasteiger partial charge in [0.25, 0.3) is 5.69 Å². The number of nitro benzene ring substituents is 1. The lowest BCUT2D eigenvalue weighted by Gasteiger charge is -2.27. The highest BCUT2D eigenvalue weighted by Gasteiger charge is 2.33. The van der Waals surface area contributed by atoms with Crippen LogP contribution in [0.1, 0.15) is 31.9 Å². The average Bonchev–Trinajstić information content (AvgIpc) is 2.52. The lowest BCUT2D eigenvalue weighted by molar-refractivity contribution is -0.384. The Morgan fingerprint density at radius 3 is 2.19 bits per heavy atom. The van der Waals surface area contributed by atoms with Crippen molar-refractivity contribution in [3.8, 4) is 11.5 Å². The van der Waals surface area contributed by atoms with Crippen molar-refractivity contribution in [3.63, 3.8) is 0 Å². The number of halogens is 4. The second kappa shape index (κ2) is 7.64. The Bertz CT molecular complexity index is 853. The quantitative estimate of drug-likeness (QED) is 0.447. The number of nitro groups is 1. The highest BCUT2D eigenvalue weighted by Crippen LogP contribution is 2.39. The molecular weight excluding hydrogens is 387 g/mol. The van der Waals surface area contributed by atoms with E-state index in [2.05, 4.69) is 4.74 Å². The van der Waals surface area contributed by atoms with Crippen molar-refractivity contribution in [3.05, 3.63) is 62.7 Å². The molecule has 0 bridgehead atoms. The van der Waals surface area contributed by atoms with Crippen molar-refractivity contribution in [1.82, 2.24) is 0 Å². The second-order valence-electron chi connectivity index (χ2n) is 6.25. The molecule has 27 heavy (non-hydrogen) atoms. The third-order valence-electron chi connectivity index (χ3n) is 3.96. The van der Waals surface area contributed by atoms with Crippen LogP contribution in [0.2, 0.25) is 5.02 Å². The summed E-state index contributed by atoms with van der Waals surface area (Å²) in [5.41, 5.74) is -0.234. The summed E-state index contributed by atoms with van der Waals surface area (Å²) in [6.07, 6.45) is -4.86. The predicted octanol–water partition coefficient (Wildman–Crippen LogP) is 5.87. The molecule has 2 rings (SSSR count). The minimum absolute atomic E-state index is 0.153. The molecule has 0 aliphatic heterocycles. The van der Waals surface area contributed by atoms with Crippen molar-refractivity contribution in [2.24, 2.45) is 0 Å². The summed E-state index contributed by atoms with van der Waals surface area (Å²) in [6.45, 7) is 5.37. The zero-order valence-electron chi connectivity index (χ0n) is 14.8. The van der Waals surface area contributed by atoms with Crippen LogP contribution in [0, 0.1) is 10.1 Å². The van der Waals surface area contributed by atoms with Gasteiger partial charge in [-0.05, 0) is 36.2 Å². The van der Waals surface area contributed by atoms with Gasteiger partial charge in [-0.2, -0.15) is 0 Å². The van der Waals surface area contributed by atoms with Crippen molar-refractivity contribution in [1.29, 1.82) is 0 Å². The van der Waals surface area contributed by atoms with Gasteiger partial charge in [0.15, 0.2) is 0 Å². The van der Waals surface area contributed by atoms with Gasteiger partial charge in [-0.25, -0.2) is 0 Å². The number of ether oxygens (including phenoxy) is 2. The van der Waals surface area contributed by atoms with Crippen molar-refractivity contribution in [2.45, 2.75) is 32.5 Å². The molecule has 0 radical (unpaired) electrons. The van der Waals surface area contributed by atoms with E-state index >= 15 is 0 Å². The molecule has 0 aliphatic carbocycles. The van der Waals surface area contributed by atoms with Gasteiger partial charge in [-0.15, -0.1) is 13.2 Å². The van der Waals surface area contributed by atoms with E-state index in [0.29, 0.717) is 11.1 Å². The van der Waals surface area contributed by atoms with Crippen LogP contribution in [0.25, 0.3) is 0 Å². The highest BCUT2D eigenvalue weighted by molar-refractivity contribution is 6.30. The molecule has 0 heterocycles. The normalized spacial score (nSPS) is 12.0. The molecule has 0 atom stereocenters. The van der Waals surface area contributed by atoms with Crippen LogP contribution in [0.15, 0.2) is 36.4 Å². The van der Waals surface area contributed by atoms with Gasteiger partial charge in [0, 0.05) is 28.6 Å². The number of benzene rings is 2. The van der Waals surface area contributed by atoms with Gasteiger partial charge in [-0.3, -0.25) is 10.1 Å². The minimum Gasteiger partial charge on any atom is -0.494 e. The van der Waals surface area contributed by atoms with Gasteiger partial charge in [-0.1, -0.05) is 25.4 Å². The molecule has 0 saturated carbocycles. The maximum atomic E-state index is 12.6. The zero-order chi connectivity index (χ0) is 20.4. The molecule has 0 fully saturated rings. The molecular formula is C18H17ClF3NO4. The summed E-state index contributed by atoms with van der Waals surface area (Å²) in [4.78, 5) is 10.5. The van der Waals surface area contributed by atoms with Gasteiger partial charge in [0.05, 0.1) is 11.5 Å². The smallest absolute Gasteiger partial charge is 0.494 e. The average molecular weight is 404 g/mol. The Hall–Kier alpha value is -2.48. The first-order valence-electron chi connectivity index (χ1n) is 7.92. The fraction of sp³-hybridized carbons (Fsp3) is 0.333. The van der Waals surface area contributed by atoms with E-state index in [9.17, 15) is 23.3 Å². The number of alkyl halides is 3. The van der Waals surface area contributed by atoms with E-state index in [1.165, 1.54) is 24.3 Å². The standard InChI is InChI=1S/C18H17ClF3NO4/c1-4-26-15-7-12(8-16(10-15)27-18(20,21)22)17(2,3)11-5-13(19)9-14(6-11)23(24)25/h5-10H,4H2,1-3H3. The van der Waals surface area contributed by atoms with Gasteiger partial charge >= 0.3 is 6.36 Å². The number of non-ortho nitro benzene ring substituents is 1. The van der Waals surface area contributed by atoms with E-state index in [1.54, 1.807) is 26.8 Å². The van der Waals surface area contributed by atoms with Gasteiger partial charge in [0.1, 0.15) is 11.5 Å². The summed E-state index contributed by atoms with van der Waals surface area (Å²) < 4.78 is 47.3. The molecule has 2 aromatic rings. The minimum atomic E-state index is -4.86. The monoisotopic (exact) mass is 403 g/mol. The molecule has 0 unspecified atom stereocenters. The molecule has 9 heteroatoms. The van der Waals surface area contributed by atoms with Crippen LogP contribution in [-0.2, 0) is 5.41 Å². The molecule has 0 aromatic heterocycles. The maximum Gasteiger partial charge on any atom is 0.573 e. The summed E-state index contributed by atoms with van der Waals surface area (Å²) in [5.74, 6) is -0.244. The van der Waals surface area contributed by atoms with E-state index in [-0.39, 0.29) is 23.1 Å². The zero-order valence-corrected chi connectivity index (χ0v) is 15.5. The fourth-order valence-corrected chi connectivity index (χ4v) is 2.81. The molecule has 0 N–H and O–H groups in total. The molecule has 0 spiro atoms. The summed E-state index contributed by atoms with van der Waals surface area (Å²) >= 11 is 5.98. The first kappa shape index (κ1) is 20.8. The Kier molecular flexibility index (Phi) is 5.89. The molecule has 0 aliphatic rings. The van der Waals surface area contributed by atoms with Crippen LogP contribution in [-0.4, -0.2) is 17.9 Å². The van der Waals surface area contributed by atoms with Gasteiger partial charge < -0.3 is 9.47 Å². The van der Waals surface area contributed by atoms with E-state index in [4.69, 9.17) is 16.3 Å². The summed E-state index contributed by atoms with van der Waals surface area (Å²) in [5, 5.41) is 11.3. The van der Waals surface area contributed by atoms with Gasteiger partial charge in [0.2, 0.25) is 0 Å². The van der Waals surface area contributed by atoms with Crippen molar-refractivity contribution >= 4 is 17.3 Å². The first-order valence-corrected chi connectivity index (χ1v) is 8.29. The Morgan fingerprint density at radius 2 is 1.63 bits per heavy atom. The van der Waals surface area contributed by atoms with Crippen LogP contribution in [0.5, 0.6) is 11.5 Å². The molecule has 0 saturated heterocycles. The third kappa shape index (κ3) is 5.26. The number of nitrogens with zero attached hydrogens (tertiary/aromatic N) is 1. The Labute approximate surface area is 158 Å². The second-order valence-corrected chi connectivity index (χ2v) is 6.69.